The van der Waals surface area contributed by atoms with Crippen LogP contribution in [-0.4, -0.2) is 45.2 Å². The Kier molecular flexibility index (Phi) is 7.67. The second-order valence-electron chi connectivity index (χ2n) is 6.86. The van der Waals surface area contributed by atoms with Crippen molar-refractivity contribution in [3.63, 3.8) is 0 Å². The molecule has 0 aromatic heterocycles. The van der Waals surface area contributed by atoms with Crippen LogP contribution in [0.5, 0.6) is 11.5 Å². The van der Waals surface area contributed by atoms with Crippen molar-refractivity contribution in [2.45, 2.75) is 26.3 Å². The van der Waals surface area contributed by atoms with E-state index in [-0.39, 0.29) is 11.9 Å². The van der Waals surface area contributed by atoms with Gasteiger partial charge in [0.25, 0.3) is 0 Å². The van der Waals surface area contributed by atoms with Crippen molar-refractivity contribution < 1.29 is 14.3 Å². The highest BCUT2D eigenvalue weighted by Gasteiger charge is 2.16. The zero-order chi connectivity index (χ0) is 19.8. The molecule has 0 bridgehead atoms. The van der Waals surface area contributed by atoms with E-state index in [4.69, 9.17) is 9.47 Å². The first-order valence-corrected chi connectivity index (χ1v) is 9.18. The van der Waals surface area contributed by atoms with Gasteiger partial charge in [-0.3, -0.25) is 4.79 Å². The molecule has 2 rings (SSSR count). The fourth-order valence-electron chi connectivity index (χ4n) is 2.88. The Morgan fingerprint density at radius 1 is 1.15 bits per heavy atom. The van der Waals surface area contributed by atoms with E-state index in [1.165, 1.54) is 5.56 Å². The predicted octanol–water partition coefficient (Wildman–Crippen LogP) is 3.50. The normalized spacial score (nSPS) is 11.9. The maximum Gasteiger partial charge on any atom is 0.223 e. The standard InChI is InChI=1S/C22H30N2O3/c1-16-8-6-11-21(17(16)2)27-13-12-22(25)23-15-20(24(3)4)18-9-7-10-19(14-18)26-5/h6-11,14,20H,12-13,15H2,1-5H3,(H,23,25). The van der Waals surface area contributed by atoms with Crippen molar-refractivity contribution in [3.8, 4) is 11.5 Å². The summed E-state index contributed by atoms with van der Waals surface area (Å²) >= 11 is 0. The predicted molar refractivity (Wildman–Crippen MR) is 108 cm³/mol. The van der Waals surface area contributed by atoms with Gasteiger partial charge in [0, 0.05) is 6.54 Å². The van der Waals surface area contributed by atoms with Crippen LogP contribution in [0.1, 0.15) is 29.2 Å². The lowest BCUT2D eigenvalue weighted by Crippen LogP contribution is -2.35. The lowest BCUT2D eigenvalue weighted by atomic mass is 10.1. The number of hydrogen-bond acceptors (Lipinski definition) is 4. The minimum absolute atomic E-state index is 0.0185. The Hall–Kier alpha value is -2.53. The minimum Gasteiger partial charge on any atom is -0.497 e. The summed E-state index contributed by atoms with van der Waals surface area (Å²) in [5.74, 6) is 1.63. The summed E-state index contributed by atoms with van der Waals surface area (Å²) in [6.45, 7) is 4.97. The van der Waals surface area contributed by atoms with E-state index in [1.807, 2.05) is 57.4 Å². The van der Waals surface area contributed by atoms with Crippen molar-refractivity contribution in [2.24, 2.45) is 0 Å². The third kappa shape index (κ3) is 6.00. The number of carbonyl (C=O) groups is 1. The summed E-state index contributed by atoms with van der Waals surface area (Å²) in [7, 11) is 5.65. The van der Waals surface area contributed by atoms with E-state index in [2.05, 4.69) is 23.2 Å². The molecule has 0 aliphatic rings. The van der Waals surface area contributed by atoms with Gasteiger partial charge in [0.15, 0.2) is 0 Å². The van der Waals surface area contributed by atoms with Crippen LogP contribution >= 0.6 is 0 Å². The molecule has 1 N–H and O–H groups in total. The van der Waals surface area contributed by atoms with Crippen molar-refractivity contribution in [3.05, 3.63) is 59.2 Å². The number of nitrogens with one attached hydrogen (secondary N) is 1. The molecule has 0 saturated heterocycles. The maximum absolute atomic E-state index is 12.2. The average molecular weight is 370 g/mol. The van der Waals surface area contributed by atoms with Crippen molar-refractivity contribution in [1.82, 2.24) is 10.2 Å². The van der Waals surface area contributed by atoms with Gasteiger partial charge in [-0.25, -0.2) is 0 Å². The number of benzene rings is 2. The molecule has 0 aliphatic carbocycles. The SMILES string of the molecule is COc1cccc(C(CNC(=O)CCOc2cccc(C)c2C)N(C)C)c1. The summed E-state index contributed by atoms with van der Waals surface area (Å²) < 4.78 is 11.1. The number of ether oxygens (including phenoxy) is 2. The Morgan fingerprint density at radius 2 is 1.89 bits per heavy atom. The Balaban J connectivity index is 1.86. The molecule has 0 saturated carbocycles. The van der Waals surface area contributed by atoms with E-state index in [0.717, 1.165) is 22.6 Å². The summed E-state index contributed by atoms with van der Waals surface area (Å²) in [6.07, 6.45) is 0.325. The van der Waals surface area contributed by atoms with E-state index >= 15 is 0 Å². The molecule has 146 valence electrons. The van der Waals surface area contributed by atoms with Gasteiger partial charge in [-0.2, -0.15) is 0 Å². The van der Waals surface area contributed by atoms with Crippen molar-refractivity contribution in [1.29, 1.82) is 0 Å². The first-order chi connectivity index (χ1) is 12.9. The Bertz CT molecular complexity index is 759. The van der Waals surface area contributed by atoms with E-state index in [0.29, 0.717) is 19.6 Å². The van der Waals surface area contributed by atoms with Crippen LogP contribution in [0.15, 0.2) is 42.5 Å². The van der Waals surface area contributed by atoms with Gasteiger partial charge in [0.05, 0.1) is 26.2 Å². The molecule has 0 aliphatic heterocycles. The zero-order valence-corrected chi connectivity index (χ0v) is 16.9. The number of hydrogen-bond donors (Lipinski definition) is 1. The molecule has 0 spiro atoms. The van der Waals surface area contributed by atoms with Crippen LogP contribution in [0.4, 0.5) is 0 Å². The van der Waals surface area contributed by atoms with Gasteiger partial charge in [0.2, 0.25) is 5.91 Å². The number of rotatable bonds is 9. The van der Waals surface area contributed by atoms with Gasteiger partial charge < -0.3 is 19.7 Å². The largest absolute Gasteiger partial charge is 0.497 e. The molecular weight excluding hydrogens is 340 g/mol. The van der Waals surface area contributed by atoms with Gasteiger partial charge in [-0.15, -0.1) is 0 Å². The maximum atomic E-state index is 12.2. The highest BCUT2D eigenvalue weighted by atomic mass is 16.5. The number of amides is 1. The molecular formula is C22H30N2O3. The second-order valence-corrected chi connectivity index (χ2v) is 6.86. The highest BCUT2D eigenvalue weighted by Crippen LogP contribution is 2.22. The fourth-order valence-corrected chi connectivity index (χ4v) is 2.88. The molecule has 1 atom stereocenters. The van der Waals surface area contributed by atoms with Crippen LogP contribution < -0.4 is 14.8 Å². The Morgan fingerprint density at radius 3 is 2.59 bits per heavy atom. The van der Waals surface area contributed by atoms with Gasteiger partial charge >= 0.3 is 0 Å². The minimum atomic E-state index is -0.0185. The topological polar surface area (TPSA) is 50.8 Å². The third-order valence-corrected chi connectivity index (χ3v) is 4.74. The number of aryl methyl sites for hydroxylation is 1. The number of methoxy groups -OCH3 is 1. The fraction of sp³-hybridized carbons (Fsp3) is 0.409. The van der Waals surface area contributed by atoms with Crippen LogP contribution in [0, 0.1) is 13.8 Å². The number of carbonyl (C=O) groups excluding carboxylic acids is 1. The van der Waals surface area contributed by atoms with Crippen LogP contribution in [0.3, 0.4) is 0 Å². The second kappa shape index (κ2) is 9.97. The monoisotopic (exact) mass is 370 g/mol. The van der Waals surface area contributed by atoms with E-state index in [9.17, 15) is 4.79 Å². The van der Waals surface area contributed by atoms with Gasteiger partial charge in [0.1, 0.15) is 11.5 Å². The van der Waals surface area contributed by atoms with Crippen LogP contribution in [0.2, 0.25) is 0 Å². The summed E-state index contributed by atoms with van der Waals surface area (Å²) in [5, 5.41) is 3.01. The van der Waals surface area contributed by atoms with E-state index in [1.54, 1.807) is 7.11 Å². The molecule has 0 fully saturated rings. The van der Waals surface area contributed by atoms with E-state index < -0.39 is 0 Å². The molecule has 0 heterocycles. The zero-order valence-electron chi connectivity index (χ0n) is 16.9. The lowest BCUT2D eigenvalue weighted by Gasteiger charge is -2.25. The average Bonchev–Trinajstić information content (AvgIpc) is 2.65. The number of likely N-dealkylation sites (N-methyl/N-ethyl adjacent to an activating group) is 1. The quantitative estimate of drug-likeness (QED) is 0.734. The molecule has 1 amide bonds. The molecule has 5 nitrogen and oxygen atoms in total. The molecule has 1 unspecified atom stereocenters. The summed E-state index contributed by atoms with van der Waals surface area (Å²) in [5.41, 5.74) is 3.40. The summed E-state index contributed by atoms with van der Waals surface area (Å²) in [6, 6.07) is 13.9. The highest BCUT2D eigenvalue weighted by molar-refractivity contribution is 5.76. The van der Waals surface area contributed by atoms with Crippen molar-refractivity contribution >= 4 is 5.91 Å². The first kappa shape index (κ1) is 20.8. The Labute approximate surface area is 162 Å². The molecule has 27 heavy (non-hydrogen) atoms. The first-order valence-electron chi connectivity index (χ1n) is 9.18. The third-order valence-electron chi connectivity index (χ3n) is 4.74. The molecule has 2 aromatic carbocycles. The molecule has 5 heteroatoms. The molecule has 2 aromatic rings. The smallest absolute Gasteiger partial charge is 0.223 e. The lowest BCUT2D eigenvalue weighted by molar-refractivity contribution is -0.121. The van der Waals surface area contributed by atoms with Gasteiger partial charge in [-0.1, -0.05) is 24.3 Å². The number of nitrogens with zero attached hydrogens (tertiary/aromatic N) is 1. The summed E-state index contributed by atoms with van der Waals surface area (Å²) in [4.78, 5) is 14.3. The van der Waals surface area contributed by atoms with Crippen molar-refractivity contribution in [2.75, 3.05) is 34.4 Å². The van der Waals surface area contributed by atoms with Crippen LogP contribution in [0.25, 0.3) is 0 Å². The molecule has 0 radical (unpaired) electrons. The van der Waals surface area contributed by atoms with Crippen LogP contribution in [-0.2, 0) is 4.79 Å². The van der Waals surface area contributed by atoms with Gasteiger partial charge in [-0.05, 0) is 62.8 Å².